The fourth-order valence-corrected chi connectivity index (χ4v) is 5.87. The summed E-state index contributed by atoms with van der Waals surface area (Å²) in [5.74, 6) is -1.01. The van der Waals surface area contributed by atoms with E-state index in [1.54, 1.807) is 17.0 Å². The van der Waals surface area contributed by atoms with Crippen LogP contribution in [0.5, 0.6) is 0 Å². The van der Waals surface area contributed by atoms with Crippen molar-refractivity contribution in [3.05, 3.63) is 100 Å². The summed E-state index contributed by atoms with van der Waals surface area (Å²) >= 11 is 6.70. The highest BCUT2D eigenvalue weighted by molar-refractivity contribution is 8.26. The Hall–Kier alpha value is -3.75. The van der Waals surface area contributed by atoms with Crippen molar-refractivity contribution in [3.8, 4) is 0 Å². The number of nitrogens with zero attached hydrogens (tertiary/aromatic N) is 2. The minimum atomic E-state index is -0.386. The normalized spacial score (nSPS) is 18.0. The lowest BCUT2D eigenvalue weighted by molar-refractivity contribution is -0.123. The summed E-state index contributed by atoms with van der Waals surface area (Å²) in [5.41, 5.74) is 4.19. The van der Waals surface area contributed by atoms with Crippen LogP contribution in [0.25, 0.3) is 5.57 Å². The van der Waals surface area contributed by atoms with Crippen molar-refractivity contribution in [2.45, 2.75) is 19.9 Å². The molecule has 0 radical (unpaired) electrons. The number of aryl methyl sites for hydroxylation is 1. The molecule has 1 N–H and O–H groups in total. The van der Waals surface area contributed by atoms with Gasteiger partial charge in [0.05, 0.1) is 22.2 Å². The molecule has 180 valence electrons. The van der Waals surface area contributed by atoms with Crippen molar-refractivity contribution in [1.29, 1.82) is 0 Å². The van der Waals surface area contributed by atoms with Crippen LogP contribution in [0.4, 0.5) is 11.4 Å². The van der Waals surface area contributed by atoms with Gasteiger partial charge in [0, 0.05) is 11.3 Å². The van der Waals surface area contributed by atoms with Gasteiger partial charge in [-0.05, 0) is 37.6 Å². The van der Waals surface area contributed by atoms with Crippen LogP contribution in [0, 0.1) is 6.92 Å². The smallest absolute Gasteiger partial charge is 0.267 e. The molecule has 3 amide bonds. The van der Waals surface area contributed by atoms with Crippen molar-refractivity contribution in [1.82, 2.24) is 4.90 Å². The van der Waals surface area contributed by atoms with Gasteiger partial charge in [0.15, 0.2) is 0 Å². The highest BCUT2D eigenvalue weighted by atomic mass is 32.2. The van der Waals surface area contributed by atoms with Crippen molar-refractivity contribution in [2.75, 3.05) is 16.8 Å². The van der Waals surface area contributed by atoms with Gasteiger partial charge in [-0.3, -0.25) is 24.2 Å². The van der Waals surface area contributed by atoms with Gasteiger partial charge in [-0.1, -0.05) is 90.2 Å². The third kappa shape index (κ3) is 4.34. The molecule has 2 heterocycles. The van der Waals surface area contributed by atoms with Crippen LogP contribution >= 0.6 is 24.0 Å². The zero-order chi connectivity index (χ0) is 25.4. The average molecular weight is 514 g/mol. The minimum absolute atomic E-state index is 0.173. The Labute approximate surface area is 219 Å². The maximum absolute atomic E-state index is 13.6. The molecule has 8 heteroatoms. The number of amides is 3. The van der Waals surface area contributed by atoms with Crippen molar-refractivity contribution >= 4 is 63.0 Å². The van der Waals surface area contributed by atoms with Crippen LogP contribution in [-0.4, -0.2) is 33.5 Å². The molecule has 0 saturated carbocycles. The Morgan fingerprint density at radius 2 is 1.61 bits per heavy atom. The topological polar surface area (TPSA) is 69.7 Å². The molecule has 2 aliphatic heterocycles. The number of hydrogen-bond acceptors (Lipinski definition) is 5. The van der Waals surface area contributed by atoms with E-state index in [4.69, 9.17) is 12.2 Å². The third-order valence-corrected chi connectivity index (χ3v) is 7.66. The molecule has 0 spiro atoms. The lowest BCUT2D eigenvalue weighted by atomic mass is 10.1. The van der Waals surface area contributed by atoms with E-state index in [0.717, 1.165) is 22.9 Å². The minimum Gasteiger partial charge on any atom is -0.325 e. The summed E-state index contributed by atoms with van der Waals surface area (Å²) < 4.78 is 0.402. The number of para-hydroxylation sites is 1. The van der Waals surface area contributed by atoms with Crippen LogP contribution in [-0.2, 0) is 14.4 Å². The Bertz CT molecular complexity index is 1420. The molecule has 0 unspecified atom stereocenters. The van der Waals surface area contributed by atoms with Crippen molar-refractivity contribution < 1.29 is 14.4 Å². The van der Waals surface area contributed by atoms with Gasteiger partial charge in [-0.15, -0.1) is 0 Å². The van der Waals surface area contributed by atoms with Gasteiger partial charge in [-0.25, -0.2) is 0 Å². The lowest BCUT2D eigenvalue weighted by Crippen LogP contribution is -2.35. The molecule has 1 saturated heterocycles. The van der Waals surface area contributed by atoms with Gasteiger partial charge in [0.2, 0.25) is 5.91 Å². The molecule has 36 heavy (non-hydrogen) atoms. The number of anilines is 2. The molecule has 0 bridgehead atoms. The summed E-state index contributed by atoms with van der Waals surface area (Å²) in [7, 11) is 0. The van der Waals surface area contributed by atoms with Gasteiger partial charge in [0.25, 0.3) is 11.8 Å². The van der Waals surface area contributed by atoms with E-state index in [9.17, 15) is 14.4 Å². The second-order valence-corrected chi connectivity index (χ2v) is 10.3. The summed E-state index contributed by atoms with van der Waals surface area (Å²) in [6.45, 7) is 3.71. The van der Waals surface area contributed by atoms with E-state index in [1.165, 1.54) is 4.90 Å². The molecule has 5 rings (SSSR count). The van der Waals surface area contributed by atoms with Crippen LogP contribution in [0.15, 0.2) is 83.8 Å². The fraction of sp³-hybridized carbons (Fsp3) is 0.143. The van der Waals surface area contributed by atoms with E-state index in [2.05, 4.69) is 5.32 Å². The standard InChI is InChI=1S/C28H23N3O3S2/c1-17-12-14-20(15-13-17)29-23(32)16-30-22-11-7-6-10-21(22)24(26(30)33)25-27(34)31(28(35)36-25)18(2)19-8-4-3-5-9-19/h3-15,18H,16H2,1-2H3,(H,29,32)/b25-24-/t18-/m1/s1. The van der Waals surface area contributed by atoms with Crippen LogP contribution in [0.3, 0.4) is 0 Å². The second kappa shape index (κ2) is 9.72. The zero-order valence-electron chi connectivity index (χ0n) is 19.7. The highest BCUT2D eigenvalue weighted by Crippen LogP contribution is 2.46. The van der Waals surface area contributed by atoms with Gasteiger partial charge < -0.3 is 5.32 Å². The number of benzene rings is 3. The summed E-state index contributed by atoms with van der Waals surface area (Å²) in [6, 6.07) is 24.0. The predicted octanol–water partition coefficient (Wildman–Crippen LogP) is 5.31. The fourth-order valence-electron chi connectivity index (χ4n) is 4.38. The molecule has 6 nitrogen and oxygen atoms in total. The largest absolute Gasteiger partial charge is 0.325 e. The first-order chi connectivity index (χ1) is 17.3. The average Bonchev–Trinajstić information content (AvgIpc) is 3.32. The summed E-state index contributed by atoms with van der Waals surface area (Å²) in [6.07, 6.45) is 0. The highest BCUT2D eigenvalue weighted by Gasteiger charge is 2.43. The number of rotatable bonds is 5. The van der Waals surface area contributed by atoms with Crippen LogP contribution in [0.2, 0.25) is 0 Å². The monoisotopic (exact) mass is 513 g/mol. The SMILES string of the molecule is Cc1ccc(NC(=O)CN2C(=O)/C(=C3\SC(=S)N([C@H](C)c4ccccc4)C3=O)c3ccccc32)cc1. The number of nitrogens with one attached hydrogen (secondary N) is 1. The van der Waals surface area contributed by atoms with E-state index in [-0.39, 0.29) is 35.9 Å². The van der Waals surface area contributed by atoms with Gasteiger partial charge >= 0.3 is 0 Å². The lowest BCUT2D eigenvalue weighted by Gasteiger charge is -2.23. The number of hydrogen-bond donors (Lipinski definition) is 1. The zero-order valence-corrected chi connectivity index (χ0v) is 21.4. The molecule has 1 atom stereocenters. The van der Waals surface area contributed by atoms with E-state index in [1.807, 2.05) is 80.6 Å². The summed E-state index contributed by atoms with van der Waals surface area (Å²) in [5, 5.41) is 2.84. The number of thiocarbonyl (C=S) groups is 1. The number of fused-ring (bicyclic) bond motifs is 1. The number of carbonyl (C=O) groups excluding carboxylic acids is 3. The molecule has 3 aromatic rings. The van der Waals surface area contributed by atoms with Crippen molar-refractivity contribution in [2.24, 2.45) is 0 Å². The first-order valence-electron chi connectivity index (χ1n) is 11.5. The van der Waals surface area contributed by atoms with E-state index < -0.39 is 0 Å². The molecular formula is C28H23N3O3S2. The Kier molecular flexibility index (Phi) is 6.47. The van der Waals surface area contributed by atoms with Crippen LogP contribution in [0.1, 0.15) is 29.7 Å². The third-order valence-electron chi connectivity index (χ3n) is 6.26. The van der Waals surface area contributed by atoms with E-state index in [0.29, 0.717) is 26.2 Å². The molecule has 2 aliphatic rings. The molecule has 0 aliphatic carbocycles. The predicted molar refractivity (Wildman–Crippen MR) is 147 cm³/mol. The molecule has 0 aromatic heterocycles. The maximum Gasteiger partial charge on any atom is 0.267 e. The first-order valence-corrected chi connectivity index (χ1v) is 12.7. The summed E-state index contributed by atoms with van der Waals surface area (Å²) in [4.78, 5) is 43.3. The quantitative estimate of drug-likeness (QED) is 0.370. The Morgan fingerprint density at radius 3 is 2.33 bits per heavy atom. The Morgan fingerprint density at radius 1 is 0.944 bits per heavy atom. The van der Waals surface area contributed by atoms with Gasteiger partial charge in [-0.2, -0.15) is 0 Å². The Balaban J connectivity index is 1.45. The maximum atomic E-state index is 13.6. The molecular weight excluding hydrogens is 490 g/mol. The number of thioether (sulfide) groups is 1. The first kappa shape index (κ1) is 24.0. The second-order valence-electron chi connectivity index (χ2n) is 8.66. The van der Waals surface area contributed by atoms with Crippen LogP contribution < -0.4 is 10.2 Å². The molecule has 3 aromatic carbocycles. The van der Waals surface area contributed by atoms with Crippen molar-refractivity contribution in [3.63, 3.8) is 0 Å². The van der Waals surface area contributed by atoms with E-state index >= 15 is 0 Å². The van der Waals surface area contributed by atoms with Gasteiger partial charge in [0.1, 0.15) is 10.9 Å². The molecule has 1 fully saturated rings. The number of carbonyl (C=O) groups is 3.